The maximum absolute atomic E-state index is 14.6. The Kier molecular flexibility index (Phi) is 5.67. The van der Waals surface area contributed by atoms with E-state index in [1.54, 1.807) is 24.4 Å². The van der Waals surface area contributed by atoms with Crippen LogP contribution in [0.1, 0.15) is 36.9 Å². The van der Waals surface area contributed by atoms with Crippen LogP contribution < -0.4 is 9.86 Å². The first-order valence-electron chi connectivity index (χ1n) is 9.78. The first-order valence-corrected chi connectivity index (χ1v) is 11.3. The zero-order valence-electron chi connectivity index (χ0n) is 16.6. The van der Waals surface area contributed by atoms with Gasteiger partial charge < -0.3 is 0 Å². The molecule has 1 saturated carbocycles. The fourth-order valence-electron chi connectivity index (χ4n) is 3.74. The second kappa shape index (κ2) is 8.27. The van der Waals surface area contributed by atoms with E-state index in [1.807, 2.05) is 4.72 Å². The van der Waals surface area contributed by atoms with Gasteiger partial charge >= 0.3 is 0 Å². The molecule has 0 bridgehead atoms. The minimum Gasteiger partial charge on any atom is -0.284 e. The number of pyridine rings is 1. The van der Waals surface area contributed by atoms with Crippen molar-refractivity contribution in [1.82, 2.24) is 4.98 Å². The number of rotatable bonds is 5. The van der Waals surface area contributed by atoms with E-state index in [1.165, 1.54) is 18.2 Å². The molecule has 1 aliphatic heterocycles. The largest absolute Gasteiger partial charge is 0.296 e. The molecule has 7 nitrogen and oxygen atoms in total. The molecule has 1 aliphatic carbocycles. The SMILES string of the molecule is NS(=O)(=O)Nc1ccc(C2=NCCC(=NC3(c4ncccc4F)CCC3)C=C2)c(F)c1. The summed E-state index contributed by atoms with van der Waals surface area (Å²) in [6.07, 6.45) is 7.92. The van der Waals surface area contributed by atoms with Gasteiger partial charge in [-0.2, -0.15) is 8.42 Å². The number of nitrogens with one attached hydrogen (secondary N) is 1. The summed E-state index contributed by atoms with van der Waals surface area (Å²) in [6, 6.07) is 6.84. The molecule has 0 atom stereocenters. The number of benzene rings is 1. The van der Waals surface area contributed by atoms with E-state index in [0.29, 0.717) is 24.4 Å². The van der Waals surface area contributed by atoms with Gasteiger partial charge in [0.2, 0.25) is 0 Å². The Morgan fingerprint density at radius 1 is 1.13 bits per heavy atom. The minimum atomic E-state index is -3.99. The van der Waals surface area contributed by atoms with Crippen molar-refractivity contribution >= 4 is 27.3 Å². The van der Waals surface area contributed by atoms with Gasteiger partial charge in [-0.3, -0.25) is 19.7 Å². The number of aromatic nitrogens is 1. The van der Waals surface area contributed by atoms with Crippen LogP contribution in [0.4, 0.5) is 14.5 Å². The topological polar surface area (TPSA) is 110 Å². The Morgan fingerprint density at radius 3 is 2.58 bits per heavy atom. The molecule has 4 rings (SSSR count). The van der Waals surface area contributed by atoms with Gasteiger partial charge in [0.1, 0.15) is 22.9 Å². The summed E-state index contributed by atoms with van der Waals surface area (Å²) in [5.41, 5.74) is 1.10. The van der Waals surface area contributed by atoms with Crippen molar-refractivity contribution in [2.75, 3.05) is 11.3 Å². The van der Waals surface area contributed by atoms with E-state index in [0.717, 1.165) is 31.0 Å². The summed E-state index contributed by atoms with van der Waals surface area (Å²) in [6.45, 7) is 0.387. The van der Waals surface area contributed by atoms with Crippen molar-refractivity contribution < 1.29 is 17.2 Å². The number of anilines is 1. The molecule has 1 aromatic heterocycles. The van der Waals surface area contributed by atoms with Crippen LogP contribution in [0.15, 0.2) is 58.7 Å². The number of halogens is 2. The molecule has 162 valence electrons. The van der Waals surface area contributed by atoms with Crippen LogP contribution in [0.2, 0.25) is 0 Å². The maximum Gasteiger partial charge on any atom is 0.296 e. The van der Waals surface area contributed by atoms with Gasteiger partial charge in [0.15, 0.2) is 0 Å². The van der Waals surface area contributed by atoms with E-state index >= 15 is 0 Å². The fourth-order valence-corrected chi connectivity index (χ4v) is 4.19. The van der Waals surface area contributed by atoms with Crippen LogP contribution in [0.25, 0.3) is 0 Å². The Balaban J connectivity index is 1.59. The lowest BCUT2D eigenvalue weighted by Crippen LogP contribution is -2.35. The number of aliphatic imine (C=N–C) groups is 2. The van der Waals surface area contributed by atoms with Crippen molar-refractivity contribution in [2.24, 2.45) is 15.1 Å². The summed E-state index contributed by atoms with van der Waals surface area (Å²) >= 11 is 0. The Hall–Kier alpha value is -2.98. The monoisotopic (exact) mass is 445 g/mol. The highest BCUT2D eigenvalue weighted by Crippen LogP contribution is 2.45. The minimum absolute atomic E-state index is 0.0218. The molecule has 31 heavy (non-hydrogen) atoms. The normalized spacial score (nSPS) is 19.5. The highest BCUT2D eigenvalue weighted by Gasteiger charge is 2.42. The van der Waals surface area contributed by atoms with Crippen LogP contribution in [-0.4, -0.2) is 31.4 Å². The molecule has 0 unspecified atom stereocenters. The lowest BCUT2D eigenvalue weighted by Gasteiger charge is -2.38. The molecule has 2 aromatic rings. The van der Waals surface area contributed by atoms with E-state index in [2.05, 4.69) is 9.98 Å². The third-order valence-electron chi connectivity index (χ3n) is 5.33. The van der Waals surface area contributed by atoms with Crippen LogP contribution in [0.3, 0.4) is 0 Å². The summed E-state index contributed by atoms with van der Waals surface area (Å²) in [7, 11) is -3.99. The maximum atomic E-state index is 14.6. The van der Waals surface area contributed by atoms with Crippen molar-refractivity contribution in [3.05, 3.63) is 71.6 Å². The number of nitrogens with two attached hydrogens (primary N) is 1. The van der Waals surface area contributed by atoms with Crippen LogP contribution in [0.5, 0.6) is 0 Å². The average molecular weight is 445 g/mol. The van der Waals surface area contributed by atoms with Crippen LogP contribution in [-0.2, 0) is 15.7 Å². The Bertz CT molecular complexity index is 1200. The van der Waals surface area contributed by atoms with Crippen molar-refractivity contribution in [1.29, 1.82) is 0 Å². The number of hydrogen-bond acceptors (Lipinski definition) is 5. The summed E-state index contributed by atoms with van der Waals surface area (Å²) < 4.78 is 53.2. The Labute approximate surface area is 179 Å². The highest BCUT2D eigenvalue weighted by atomic mass is 32.2. The van der Waals surface area contributed by atoms with Crippen molar-refractivity contribution in [3.8, 4) is 0 Å². The standard InChI is InChI=1S/C21H21F2N5O2S/c22-17-3-1-11-26-20(17)21(9-2-10-21)27-14-5-7-19(25-12-8-14)16-6-4-15(13-18(16)23)28-31(24,29)30/h1,3-7,11,13,28H,2,8-10,12H2,(H2,24,29,30). The molecule has 0 saturated heterocycles. The number of nitrogens with zero attached hydrogens (tertiary/aromatic N) is 3. The first-order chi connectivity index (χ1) is 14.8. The average Bonchev–Trinajstić information content (AvgIpc) is 2.90. The molecule has 1 aromatic carbocycles. The van der Waals surface area contributed by atoms with E-state index in [4.69, 9.17) is 10.1 Å². The third kappa shape index (κ3) is 4.70. The third-order valence-corrected chi connectivity index (χ3v) is 5.85. The fraction of sp³-hybridized carbons (Fsp3) is 0.286. The first kappa shape index (κ1) is 21.3. The van der Waals surface area contributed by atoms with E-state index < -0.39 is 21.6 Å². The molecule has 0 radical (unpaired) electrons. The summed E-state index contributed by atoms with van der Waals surface area (Å²) in [5, 5.41) is 4.91. The second-order valence-electron chi connectivity index (χ2n) is 7.51. The Morgan fingerprint density at radius 2 is 1.94 bits per heavy atom. The molecule has 10 heteroatoms. The van der Waals surface area contributed by atoms with Gasteiger partial charge in [0.05, 0.1) is 11.4 Å². The molecular weight excluding hydrogens is 424 g/mol. The smallest absolute Gasteiger partial charge is 0.284 e. The predicted molar refractivity (Wildman–Crippen MR) is 115 cm³/mol. The van der Waals surface area contributed by atoms with Gasteiger partial charge in [-0.05, 0) is 61.7 Å². The van der Waals surface area contributed by atoms with Crippen LogP contribution in [0, 0.1) is 11.6 Å². The molecule has 0 spiro atoms. The molecule has 2 aliphatic rings. The molecular formula is C21H21F2N5O2S. The van der Waals surface area contributed by atoms with Gasteiger partial charge in [-0.25, -0.2) is 13.9 Å². The number of allylic oxidation sites excluding steroid dienone is 2. The van der Waals surface area contributed by atoms with Crippen molar-refractivity contribution in [2.45, 2.75) is 31.2 Å². The lowest BCUT2D eigenvalue weighted by molar-refractivity contribution is 0.240. The zero-order valence-corrected chi connectivity index (χ0v) is 17.4. The molecule has 2 heterocycles. The van der Waals surface area contributed by atoms with Crippen molar-refractivity contribution in [3.63, 3.8) is 0 Å². The molecule has 1 fully saturated rings. The van der Waals surface area contributed by atoms with Gasteiger partial charge in [0, 0.05) is 30.4 Å². The zero-order chi connectivity index (χ0) is 22.1. The predicted octanol–water partition coefficient (Wildman–Crippen LogP) is 3.24. The van der Waals surface area contributed by atoms with Crippen LogP contribution >= 0.6 is 0 Å². The summed E-state index contributed by atoms with van der Waals surface area (Å²) in [5.74, 6) is -1.00. The highest BCUT2D eigenvalue weighted by molar-refractivity contribution is 7.90. The number of hydrogen-bond donors (Lipinski definition) is 2. The summed E-state index contributed by atoms with van der Waals surface area (Å²) in [4.78, 5) is 13.5. The van der Waals surface area contributed by atoms with Gasteiger partial charge in [-0.1, -0.05) is 0 Å². The molecule has 0 amide bonds. The van der Waals surface area contributed by atoms with Gasteiger partial charge in [0.25, 0.3) is 10.2 Å². The van der Waals surface area contributed by atoms with E-state index in [-0.39, 0.29) is 17.1 Å². The second-order valence-corrected chi connectivity index (χ2v) is 8.81. The van der Waals surface area contributed by atoms with Gasteiger partial charge in [-0.15, -0.1) is 0 Å². The quantitative estimate of drug-likeness (QED) is 0.737. The molecule has 3 N–H and O–H groups in total. The van der Waals surface area contributed by atoms with E-state index in [9.17, 15) is 17.2 Å². The lowest BCUT2D eigenvalue weighted by atomic mass is 9.74.